The van der Waals surface area contributed by atoms with Gasteiger partial charge in [-0.05, 0) is 51.0 Å². The van der Waals surface area contributed by atoms with Crippen LogP contribution in [0.1, 0.15) is 44.6 Å². The highest BCUT2D eigenvalue weighted by Gasteiger charge is 2.23. The third-order valence-corrected chi connectivity index (χ3v) is 5.37. The Bertz CT molecular complexity index is 556. The number of nitrogens with one attached hydrogen (secondary N) is 1. The number of halogens is 1. The Labute approximate surface area is 187 Å². The summed E-state index contributed by atoms with van der Waals surface area (Å²) in [6, 6.07) is 10.6. The lowest BCUT2D eigenvalue weighted by molar-refractivity contribution is -0.0721. The van der Waals surface area contributed by atoms with Crippen molar-refractivity contribution < 1.29 is 9.47 Å². The van der Waals surface area contributed by atoms with E-state index in [0.717, 1.165) is 71.0 Å². The normalized spacial score (nSPS) is 21.2. The SMILES string of the molecule is CCNC(=NCCc1ccccc1)N1CCC(OCC2CCCCO2)CC1.I. The first-order chi connectivity index (χ1) is 13.3. The molecule has 2 aliphatic rings. The van der Waals surface area contributed by atoms with Gasteiger partial charge in [0.15, 0.2) is 5.96 Å². The zero-order chi connectivity index (χ0) is 18.7. The van der Waals surface area contributed by atoms with Crippen molar-refractivity contribution in [2.24, 2.45) is 4.99 Å². The molecule has 6 heteroatoms. The van der Waals surface area contributed by atoms with Crippen molar-refractivity contribution in [2.45, 2.75) is 57.7 Å². The number of guanidine groups is 1. The van der Waals surface area contributed by atoms with Gasteiger partial charge in [0.2, 0.25) is 0 Å². The Kier molecular flexibility index (Phi) is 11.2. The van der Waals surface area contributed by atoms with Crippen molar-refractivity contribution >= 4 is 29.9 Å². The van der Waals surface area contributed by atoms with E-state index in [1.165, 1.54) is 18.4 Å². The van der Waals surface area contributed by atoms with Crippen molar-refractivity contribution in [3.05, 3.63) is 35.9 Å². The van der Waals surface area contributed by atoms with Gasteiger partial charge in [0, 0.05) is 32.8 Å². The highest BCUT2D eigenvalue weighted by molar-refractivity contribution is 14.0. The topological polar surface area (TPSA) is 46.1 Å². The molecule has 1 atom stereocenters. The van der Waals surface area contributed by atoms with Crippen molar-refractivity contribution in [1.29, 1.82) is 0 Å². The second-order valence-corrected chi connectivity index (χ2v) is 7.48. The monoisotopic (exact) mass is 501 g/mol. The first-order valence-corrected chi connectivity index (χ1v) is 10.7. The van der Waals surface area contributed by atoms with E-state index in [0.29, 0.717) is 12.2 Å². The van der Waals surface area contributed by atoms with Gasteiger partial charge >= 0.3 is 0 Å². The van der Waals surface area contributed by atoms with Crippen LogP contribution in [0.15, 0.2) is 35.3 Å². The fourth-order valence-corrected chi connectivity index (χ4v) is 3.78. The molecule has 1 aromatic carbocycles. The maximum Gasteiger partial charge on any atom is 0.193 e. The van der Waals surface area contributed by atoms with E-state index in [1.54, 1.807) is 0 Å². The highest BCUT2D eigenvalue weighted by atomic mass is 127. The smallest absolute Gasteiger partial charge is 0.193 e. The summed E-state index contributed by atoms with van der Waals surface area (Å²) >= 11 is 0. The van der Waals surface area contributed by atoms with Crippen LogP contribution in [0.4, 0.5) is 0 Å². The molecule has 0 spiro atoms. The molecule has 0 amide bonds. The number of piperidine rings is 1. The Morgan fingerprint density at radius 3 is 2.64 bits per heavy atom. The number of ether oxygens (including phenoxy) is 2. The van der Waals surface area contributed by atoms with Gasteiger partial charge in [-0.25, -0.2) is 0 Å². The summed E-state index contributed by atoms with van der Waals surface area (Å²) in [5.74, 6) is 1.04. The molecular weight excluding hydrogens is 465 g/mol. The van der Waals surface area contributed by atoms with Gasteiger partial charge in [-0.3, -0.25) is 4.99 Å². The van der Waals surface area contributed by atoms with Gasteiger partial charge in [-0.1, -0.05) is 30.3 Å². The minimum Gasteiger partial charge on any atom is -0.376 e. The number of rotatable bonds is 7. The van der Waals surface area contributed by atoms with Crippen molar-refractivity contribution in [1.82, 2.24) is 10.2 Å². The van der Waals surface area contributed by atoms with Crippen LogP contribution < -0.4 is 5.32 Å². The van der Waals surface area contributed by atoms with Crippen molar-refractivity contribution in [3.8, 4) is 0 Å². The first-order valence-electron chi connectivity index (χ1n) is 10.7. The summed E-state index contributed by atoms with van der Waals surface area (Å²) < 4.78 is 11.9. The zero-order valence-corrected chi connectivity index (χ0v) is 19.5. The molecule has 1 N–H and O–H groups in total. The number of benzene rings is 1. The zero-order valence-electron chi connectivity index (χ0n) is 17.1. The number of likely N-dealkylation sites (tertiary alicyclic amines) is 1. The Hall–Kier alpha value is -0.860. The molecule has 0 aliphatic carbocycles. The van der Waals surface area contributed by atoms with E-state index in [-0.39, 0.29) is 24.0 Å². The fraction of sp³-hybridized carbons (Fsp3) is 0.682. The molecule has 2 heterocycles. The van der Waals surface area contributed by atoms with E-state index in [1.807, 2.05) is 0 Å². The molecule has 1 unspecified atom stereocenters. The summed E-state index contributed by atoms with van der Waals surface area (Å²) in [6.07, 6.45) is 7.41. The second-order valence-electron chi connectivity index (χ2n) is 7.48. The summed E-state index contributed by atoms with van der Waals surface area (Å²) in [4.78, 5) is 7.23. The summed E-state index contributed by atoms with van der Waals surface area (Å²) in [5, 5.41) is 3.45. The number of hydrogen-bond donors (Lipinski definition) is 1. The van der Waals surface area contributed by atoms with Crippen LogP contribution >= 0.6 is 24.0 Å². The maximum absolute atomic E-state index is 6.14. The van der Waals surface area contributed by atoms with Crippen molar-refractivity contribution in [3.63, 3.8) is 0 Å². The predicted molar refractivity (Wildman–Crippen MR) is 126 cm³/mol. The molecule has 1 aromatic rings. The first kappa shape index (κ1) is 23.4. The molecule has 2 saturated heterocycles. The lowest BCUT2D eigenvalue weighted by Crippen LogP contribution is -2.47. The molecule has 5 nitrogen and oxygen atoms in total. The van der Waals surface area contributed by atoms with Crippen LogP contribution in [-0.4, -0.2) is 62.5 Å². The number of hydrogen-bond acceptors (Lipinski definition) is 3. The highest BCUT2D eigenvalue weighted by Crippen LogP contribution is 2.18. The minimum absolute atomic E-state index is 0. The molecule has 3 rings (SSSR count). The minimum atomic E-state index is 0. The third-order valence-electron chi connectivity index (χ3n) is 5.37. The van der Waals surface area contributed by atoms with Gasteiger partial charge in [0.1, 0.15) is 0 Å². The average Bonchev–Trinajstić information content (AvgIpc) is 2.74. The summed E-state index contributed by atoms with van der Waals surface area (Å²) in [7, 11) is 0. The molecule has 0 aromatic heterocycles. The van der Waals surface area contributed by atoms with Crippen LogP contribution in [-0.2, 0) is 15.9 Å². The number of nitrogens with zero attached hydrogens (tertiary/aromatic N) is 2. The molecular formula is C22H36IN3O2. The van der Waals surface area contributed by atoms with E-state index >= 15 is 0 Å². The molecule has 158 valence electrons. The summed E-state index contributed by atoms with van der Waals surface area (Å²) in [6.45, 7) is 7.53. The molecule has 2 fully saturated rings. The quantitative estimate of drug-likeness (QED) is 0.350. The van der Waals surface area contributed by atoms with Crippen LogP contribution in [0.5, 0.6) is 0 Å². The Morgan fingerprint density at radius 2 is 1.96 bits per heavy atom. The van der Waals surface area contributed by atoms with E-state index in [9.17, 15) is 0 Å². The average molecular weight is 501 g/mol. The van der Waals surface area contributed by atoms with Crippen LogP contribution in [0.2, 0.25) is 0 Å². The fourth-order valence-electron chi connectivity index (χ4n) is 3.78. The van der Waals surface area contributed by atoms with Gasteiger partial charge in [0.25, 0.3) is 0 Å². The van der Waals surface area contributed by atoms with Gasteiger partial charge in [-0.2, -0.15) is 0 Å². The maximum atomic E-state index is 6.14. The van der Waals surface area contributed by atoms with Gasteiger partial charge < -0.3 is 19.7 Å². The lowest BCUT2D eigenvalue weighted by atomic mass is 10.1. The van der Waals surface area contributed by atoms with Crippen LogP contribution in [0.25, 0.3) is 0 Å². The Balaban J connectivity index is 0.00000280. The lowest BCUT2D eigenvalue weighted by Gasteiger charge is -2.35. The largest absolute Gasteiger partial charge is 0.376 e. The third kappa shape index (κ3) is 7.87. The number of aliphatic imine (C=N–C) groups is 1. The van der Waals surface area contributed by atoms with E-state index in [4.69, 9.17) is 14.5 Å². The van der Waals surface area contributed by atoms with Crippen LogP contribution in [0, 0.1) is 0 Å². The van der Waals surface area contributed by atoms with E-state index in [2.05, 4.69) is 47.5 Å². The molecule has 2 aliphatic heterocycles. The molecule has 28 heavy (non-hydrogen) atoms. The van der Waals surface area contributed by atoms with E-state index < -0.39 is 0 Å². The Morgan fingerprint density at radius 1 is 1.18 bits per heavy atom. The molecule has 0 bridgehead atoms. The van der Waals surface area contributed by atoms with Gasteiger partial charge in [-0.15, -0.1) is 24.0 Å². The molecule has 0 radical (unpaired) electrons. The van der Waals surface area contributed by atoms with Crippen molar-refractivity contribution in [2.75, 3.05) is 39.4 Å². The molecule has 0 saturated carbocycles. The van der Waals surface area contributed by atoms with Crippen LogP contribution in [0.3, 0.4) is 0 Å². The van der Waals surface area contributed by atoms with Gasteiger partial charge in [0.05, 0.1) is 18.8 Å². The summed E-state index contributed by atoms with van der Waals surface area (Å²) in [5.41, 5.74) is 1.34. The standard InChI is InChI=1S/C22H35N3O2.HI/c1-2-23-22(24-14-11-19-8-4-3-5-9-19)25-15-12-20(13-16-25)27-18-21-10-6-7-17-26-21;/h3-5,8-9,20-21H,2,6-7,10-18H2,1H3,(H,23,24);1H. The predicted octanol–water partition coefficient (Wildman–Crippen LogP) is 3.86. The second kappa shape index (κ2) is 13.4.